The Morgan fingerprint density at radius 1 is 1.39 bits per heavy atom. The smallest absolute Gasteiger partial charge is 0.0931 e. The van der Waals surface area contributed by atoms with Gasteiger partial charge in [0.2, 0.25) is 0 Å². The van der Waals surface area contributed by atoms with Gasteiger partial charge in [0.15, 0.2) is 0 Å². The summed E-state index contributed by atoms with van der Waals surface area (Å²) in [5, 5.41) is 0. The van der Waals surface area contributed by atoms with Crippen LogP contribution in [0.2, 0.25) is 0 Å². The van der Waals surface area contributed by atoms with Crippen LogP contribution in [0.15, 0.2) is 24.5 Å². The van der Waals surface area contributed by atoms with E-state index in [1.54, 1.807) is 6.33 Å². The lowest BCUT2D eigenvalue weighted by molar-refractivity contribution is 0.0389. The highest BCUT2D eigenvalue weighted by Gasteiger charge is 2.18. The van der Waals surface area contributed by atoms with Crippen LogP contribution < -0.4 is 0 Å². The number of likely N-dealkylation sites (tertiary alicyclic amines) is 1. The molecule has 0 spiro atoms. The number of hydrogen-bond donors (Lipinski definition) is 1. The minimum Gasteiger partial charge on any atom is -0.381 e. The zero-order valence-corrected chi connectivity index (χ0v) is 10.7. The van der Waals surface area contributed by atoms with Gasteiger partial charge in [-0.15, -0.1) is 0 Å². The van der Waals surface area contributed by atoms with Gasteiger partial charge in [0.1, 0.15) is 0 Å². The van der Waals surface area contributed by atoms with Crippen LogP contribution in [0.3, 0.4) is 0 Å². The molecule has 96 valence electrons. The molecule has 3 rings (SSSR count). The van der Waals surface area contributed by atoms with Gasteiger partial charge in [0.25, 0.3) is 0 Å². The summed E-state index contributed by atoms with van der Waals surface area (Å²) >= 11 is 0. The van der Waals surface area contributed by atoms with Crippen molar-refractivity contribution in [1.82, 2.24) is 14.9 Å². The highest BCUT2D eigenvalue weighted by molar-refractivity contribution is 5.74. The fourth-order valence-corrected chi connectivity index (χ4v) is 2.64. The summed E-state index contributed by atoms with van der Waals surface area (Å²) in [7, 11) is 1.81. The van der Waals surface area contributed by atoms with Crippen molar-refractivity contribution in [3.63, 3.8) is 0 Å². The molecule has 0 radical (unpaired) electrons. The van der Waals surface area contributed by atoms with E-state index in [0.717, 1.165) is 43.5 Å². The lowest BCUT2D eigenvalue weighted by atomic mass is 10.1. The second-order valence-corrected chi connectivity index (χ2v) is 4.97. The summed E-state index contributed by atoms with van der Waals surface area (Å²) in [5.74, 6) is 0. The van der Waals surface area contributed by atoms with Crippen LogP contribution in [0.4, 0.5) is 0 Å². The van der Waals surface area contributed by atoms with E-state index in [0.29, 0.717) is 6.10 Å². The van der Waals surface area contributed by atoms with Crippen molar-refractivity contribution in [1.29, 1.82) is 0 Å². The van der Waals surface area contributed by atoms with Gasteiger partial charge in [-0.25, -0.2) is 4.98 Å². The number of aromatic nitrogens is 2. The zero-order chi connectivity index (χ0) is 12.4. The maximum Gasteiger partial charge on any atom is 0.0931 e. The Morgan fingerprint density at radius 3 is 3.00 bits per heavy atom. The standard InChI is InChI=1S/C14H19N3O/c1-18-12-4-6-17(7-5-12)9-11-2-3-13-14(8-11)16-10-15-13/h2-3,8,10,12H,4-7,9H2,1H3,(H,15,16). The van der Waals surface area contributed by atoms with Crippen molar-refractivity contribution >= 4 is 11.0 Å². The van der Waals surface area contributed by atoms with Crippen LogP contribution in [0.5, 0.6) is 0 Å². The SMILES string of the molecule is COC1CCN(Cc2ccc3nc[nH]c3c2)CC1. The number of rotatable bonds is 3. The number of piperidine rings is 1. The minimum atomic E-state index is 0.455. The van der Waals surface area contributed by atoms with Crippen LogP contribution in [0.1, 0.15) is 18.4 Å². The van der Waals surface area contributed by atoms with E-state index in [1.807, 2.05) is 7.11 Å². The van der Waals surface area contributed by atoms with Gasteiger partial charge >= 0.3 is 0 Å². The van der Waals surface area contributed by atoms with E-state index in [1.165, 1.54) is 5.56 Å². The maximum absolute atomic E-state index is 5.40. The molecule has 0 aliphatic carbocycles. The van der Waals surface area contributed by atoms with E-state index in [9.17, 15) is 0 Å². The van der Waals surface area contributed by atoms with Crippen LogP contribution in [-0.4, -0.2) is 41.2 Å². The summed E-state index contributed by atoms with van der Waals surface area (Å²) in [6.07, 6.45) is 4.49. The zero-order valence-electron chi connectivity index (χ0n) is 10.7. The number of benzene rings is 1. The first kappa shape index (κ1) is 11.7. The van der Waals surface area contributed by atoms with Crippen molar-refractivity contribution in [3.8, 4) is 0 Å². The van der Waals surface area contributed by atoms with Gasteiger partial charge in [-0.1, -0.05) is 6.07 Å². The first-order chi connectivity index (χ1) is 8.85. The van der Waals surface area contributed by atoms with Gasteiger partial charge < -0.3 is 9.72 Å². The first-order valence-electron chi connectivity index (χ1n) is 6.52. The Labute approximate surface area is 107 Å². The Bertz CT molecular complexity index is 514. The number of H-pyrrole nitrogens is 1. The molecule has 1 aliphatic rings. The predicted molar refractivity (Wildman–Crippen MR) is 71.4 cm³/mol. The number of ether oxygens (including phenoxy) is 1. The topological polar surface area (TPSA) is 41.1 Å². The maximum atomic E-state index is 5.40. The summed E-state index contributed by atoms with van der Waals surface area (Å²) in [5.41, 5.74) is 3.51. The van der Waals surface area contributed by atoms with E-state index >= 15 is 0 Å². The number of fused-ring (bicyclic) bond motifs is 1. The second kappa shape index (κ2) is 5.08. The van der Waals surface area contributed by atoms with Crippen molar-refractivity contribution in [2.75, 3.05) is 20.2 Å². The third-order valence-corrected chi connectivity index (χ3v) is 3.76. The number of methoxy groups -OCH3 is 1. The quantitative estimate of drug-likeness (QED) is 0.901. The number of aromatic amines is 1. The molecule has 4 nitrogen and oxygen atoms in total. The second-order valence-electron chi connectivity index (χ2n) is 4.97. The Balaban J connectivity index is 1.65. The Morgan fingerprint density at radius 2 is 2.22 bits per heavy atom. The number of nitrogens with one attached hydrogen (secondary N) is 1. The molecule has 2 aromatic rings. The summed E-state index contributed by atoms with van der Waals surface area (Å²) < 4.78 is 5.40. The molecule has 1 N–H and O–H groups in total. The van der Waals surface area contributed by atoms with Crippen molar-refractivity contribution in [2.24, 2.45) is 0 Å². The number of nitrogens with zero attached hydrogens (tertiary/aromatic N) is 2. The third-order valence-electron chi connectivity index (χ3n) is 3.76. The fourth-order valence-electron chi connectivity index (χ4n) is 2.64. The number of imidazole rings is 1. The average molecular weight is 245 g/mol. The predicted octanol–water partition coefficient (Wildman–Crippen LogP) is 2.17. The third kappa shape index (κ3) is 2.40. The molecule has 1 aromatic carbocycles. The van der Waals surface area contributed by atoms with E-state index in [4.69, 9.17) is 4.74 Å². The minimum absolute atomic E-state index is 0.455. The average Bonchev–Trinajstić information content (AvgIpc) is 2.87. The molecule has 0 saturated carbocycles. The van der Waals surface area contributed by atoms with Crippen LogP contribution in [0.25, 0.3) is 11.0 Å². The van der Waals surface area contributed by atoms with Gasteiger partial charge in [-0.05, 0) is 30.5 Å². The molecule has 4 heteroatoms. The largest absolute Gasteiger partial charge is 0.381 e. The Kier molecular flexibility index (Phi) is 3.30. The van der Waals surface area contributed by atoms with E-state index in [-0.39, 0.29) is 0 Å². The lowest BCUT2D eigenvalue weighted by Gasteiger charge is -2.31. The summed E-state index contributed by atoms with van der Waals surface area (Å²) in [6, 6.07) is 6.46. The van der Waals surface area contributed by atoms with Crippen LogP contribution in [-0.2, 0) is 11.3 Å². The highest BCUT2D eigenvalue weighted by atomic mass is 16.5. The molecule has 0 atom stereocenters. The van der Waals surface area contributed by atoms with Gasteiger partial charge in [0.05, 0.1) is 23.5 Å². The van der Waals surface area contributed by atoms with Crippen molar-refractivity contribution < 1.29 is 4.74 Å². The van der Waals surface area contributed by atoms with Crippen molar-refractivity contribution in [3.05, 3.63) is 30.1 Å². The van der Waals surface area contributed by atoms with Crippen molar-refractivity contribution in [2.45, 2.75) is 25.5 Å². The summed E-state index contributed by atoms with van der Waals surface area (Å²) in [6.45, 7) is 3.27. The number of hydrogen-bond acceptors (Lipinski definition) is 3. The molecular formula is C14H19N3O. The monoisotopic (exact) mass is 245 g/mol. The van der Waals surface area contributed by atoms with Gasteiger partial charge in [-0.2, -0.15) is 0 Å². The molecule has 0 amide bonds. The van der Waals surface area contributed by atoms with Gasteiger partial charge in [0, 0.05) is 26.7 Å². The molecule has 1 fully saturated rings. The van der Waals surface area contributed by atoms with Crippen LogP contribution >= 0.6 is 0 Å². The highest BCUT2D eigenvalue weighted by Crippen LogP contribution is 2.17. The molecule has 18 heavy (non-hydrogen) atoms. The molecule has 0 bridgehead atoms. The van der Waals surface area contributed by atoms with E-state index < -0.39 is 0 Å². The molecule has 1 saturated heterocycles. The molecule has 0 unspecified atom stereocenters. The van der Waals surface area contributed by atoms with E-state index in [2.05, 4.69) is 33.1 Å². The lowest BCUT2D eigenvalue weighted by Crippen LogP contribution is -2.36. The fraction of sp³-hybridized carbons (Fsp3) is 0.500. The van der Waals surface area contributed by atoms with Crippen LogP contribution in [0, 0.1) is 0 Å². The molecule has 2 heterocycles. The van der Waals surface area contributed by atoms with Gasteiger partial charge in [-0.3, -0.25) is 4.90 Å². The first-order valence-corrected chi connectivity index (χ1v) is 6.52. The Hall–Kier alpha value is -1.39. The summed E-state index contributed by atoms with van der Waals surface area (Å²) in [4.78, 5) is 9.90. The molecule has 1 aliphatic heterocycles. The normalized spacial score (nSPS) is 18.5. The molecule has 1 aromatic heterocycles. The molecular weight excluding hydrogens is 226 g/mol.